The SMILES string of the molecule is COc1ccc(C2c3cc(OC)c(OC)cc3CC2O)cc1. The van der Waals surface area contributed by atoms with E-state index in [2.05, 4.69) is 0 Å². The molecule has 2 aromatic carbocycles. The van der Waals surface area contributed by atoms with E-state index in [4.69, 9.17) is 14.2 Å². The fourth-order valence-electron chi connectivity index (χ4n) is 3.17. The maximum Gasteiger partial charge on any atom is 0.161 e. The molecule has 2 atom stereocenters. The molecule has 3 rings (SSSR count). The van der Waals surface area contributed by atoms with Crippen LogP contribution in [0.25, 0.3) is 0 Å². The Morgan fingerprint density at radius 3 is 2.14 bits per heavy atom. The molecular formula is C18H20O4. The Balaban J connectivity index is 2.04. The number of hydrogen-bond acceptors (Lipinski definition) is 4. The van der Waals surface area contributed by atoms with Crippen LogP contribution >= 0.6 is 0 Å². The minimum absolute atomic E-state index is 0.0549. The van der Waals surface area contributed by atoms with Crippen molar-refractivity contribution in [1.29, 1.82) is 0 Å². The van der Waals surface area contributed by atoms with E-state index >= 15 is 0 Å². The number of aliphatic hydroxyl groups is 1. The highest BCUT2D eigenvalue weighted by atomic mass is 16.5. The third kappa shape index (κ3) is 2.40. The lowest BCUT2D eigenvalue weighted by atomic mass is 9.91. The average Bonchev–Trinajstić information content (AvgIpc) is 2.88. The molecule has 0 amide bonds. The van der Waals surface area contributed by atoms with Crippen molar-refractivity contribution in [1.82, 2.24) is 0 Å². The lowest BCUT2D eigenvalue weighted by Crippen LogP contribution is -2.14. The summed E-state index contributed by atoms with van der Waals surface area (Å²) in [5, 5.41) is 10.5. The minimum atomic E-state index is -0.444. The van der Waals surface area contributed by atoms with Gasteiger partial charge in [0.15, 0.2) is 11.5 Å². The van der Waals surface area contributed by atoms with E-state index in [9.17, 15) is 5.11 Å². The minimum Gasteiger partial charge on any atom is -0.497 e. The Morgan fingerprint density at radius 2 is 1.55 bits per heavy atom. The van der Waals surface area contributed by atoms with E-state index < -0.39 is 6.10 Å². The van der Waals surface area contributed by atoms with Gasteiger partial charge in [-0.15, -0.1) is 0 Å². The largest absolute Gasteiger partial charge is 0.497 e. The van der Waals surface area contributed by atoms with Crippen molar-refractivity contribution in [2.75, 3.05) is 21.3 Å². The van der Waals surface area contributed by atoms with Crippen LogP contribution in [0.4, 0.5) is 0 Å². The highest BCUT2D eigenvalue weighted by molar-refractivity contribution is 5.54. The van der Waals surface area contributed by atoms with Crippen molar-refractivity contribution in [3.63, 3.8) is 0 Å². The van der Waals surface area contributed by atoms with Gasteiger partial charge in [0.2, 0.25) is 0 Å². The zero-order valence-electron chi connectivity index (χ0n) is 13.0. The predicted molar refractivity (Wildman–Crippen MR) is 84.1 cm³/mol. The zero-order valence-corrected chi connectivity index (χ0v) is 13.0. The second-order valence-corrected chi connectivity index (χ2v) is 5.43. The van der Waals surface area contributed by atoms with Gasteiger partial charge in [0.25, 0.3) is 0 Å². The molecule has 2 aromatic rings. The van der Waals surface area contributed by atoms with Crippen LogP contribution in [0.1, 0.15) is 22.6 Å². The van der Waals surface area contributed by atoms with Gasteiger partial charge in [-0.1, -0.05) is 12.1 Å². The number of hydrogen-bond donors (Lipinski definition) is 1. The van der Waals surface area contributed by atoms with Crippen LogP contribution in [0, 0.1) is 0 Å². The Bertz CT molecular complexity index is 664. The van der Waals surface area contributed by atoms with Crippen LogP contribution in [0.3, 0.4) is 0 Å². The Morgan fingerprint density at radius 1 is 0.909 bits per heavy atom. The van der Waals surface area contributed by atoms with Gasteiger partial charge >= 0.3 is 0 Å². The standard InChI is InChI=1S/C18H20O4/c1-20-13-6-4-11(5-7-13)18-14-10-17(22-3)16(21-2)9-12(14)8-15(18)19/h4-7,9-10,15,18-19H,8H2,1-3H3. The lowest BCUT2D eigenvalue weighted by Gasteiger charge is -2.18. The molecule has 22 heavy (non-hydrogen) atoms. The molecule has 0 aromatic heterocycles. The number of methoxy groups -OCH3 is 3. The molecule has 0 saturated heterocycles. The highest BCUT2D eigenvalue weighted by Gasteiger charge is 2.33. The van der Waals surface area contributed by atoms with E-state index in [1.165, 1.54) is 0 Å². The normalized spacial score (nSPS) is 19.6. The van der Waals surface area contributed by atoms with Gasteiger partial charge in [0, 0.05) is 5.92 Å². The van der Waals surface area contributed by atoms with Gasteiger partial charge in [-0.2, -0.15) is 0 Å². The van der Waals surface area contributed by atoms with Gasteiger partial charge in [0.05, 0.1) is 27.4 Å². The smallest absolute Gasteiger partial charge is 0.161 e. The maximum atomic E-state index is 10.5. The van der Waals surface area contributed by atoms with Crippen LogP contribution in [0.5, 0.6) is 17.2 Å². The number of ether oxygens (including phenoxy) is 3. The van der Waals surface area contributed by atoms with Gasteiger partial charge in [-0.25, -0.2) is 0 Å². The van der Waals surface area contributed by atoms with Crippen molar-refractivity contribution in [2.24, 2.45) is 0 Å². The first-order valence-electron chi connectivity index (χ1n) is 7.24. The molecule has 0 fully saturated rings. The molecule has 4 nitrogen and oxygen atoms in total. The summed E-state index contributed by atoms with van der Waals surface area (Å²) >= 11 is 0. The predicted octanol–water partition coefficient (Wildman–Crippen LogP) is 2.76. The molecule has 1 N–H and O–H groups in total. The average molecular weight is 300 g/mol. The molecule has 116 valence electrons. The molecular weight excluding hydrogens is 280 g/mol. The second kappa shape index (κ2) is 5.89. The van der Waals surface area contributed by atoms with Crippen LogP contribution in [-0.4, -0.2) is 32.5 Å². The van der Waals surface area contributed by atoms with Crippen molar-refractivity contribution in [3.8, 4) is 17.2 Å². The molecule has 0 saturated carbocycles. The summed E-state index contributed by atoms with van der Waals surface area (Å²) < 4.78 is 15.9. The van der Waals surface area contributed by atoms with E-state index in [1.54, 1.807) is 21.3 Å². The van der Waals surface area contributed by atoms with E-state index in [1.807, 2.05) is 36.4 Å². The van der Waals surface area contributed by atoms with Crippen LogP contribution in [0.15, 0.2) is 36.4 Å². The Hall–Kier alpha value is -2.20. The van der Waals surface area contributed by atoms with Crippen LogP contribution < -0.4 is 14.2 Å². The van der Waals surface area contributed by atoms with Crippen molar-refractivity contribution in [3.05, 3.63) is 53.1 Å². The van der Waals surface area contributed by atoms with E-state index in [-0.39, 0.29) is 5.92 Å². The van der Waals surface area contributed by atoms with Gasteiger partial charge in [-0.05, 0) is 47.4 Å². The molecule has 1 aliphatic rings. The van der Waals surface area contributed by atoms with Gasteiger partial charge in [0.1, 0.15) is 5.75 Å². The van der Waals surface area contributed by atoms with Gasteiger partial charge < -0.3 is 19.3 Å². The molecule has 0 spiro atoms. The Labute approximate surface area is 130 Å². The summed E-state index contributed by atoms with van der Waals surface area (Å²) in [6.07, 6.45) is 0.173. The molecule has 0 bridgehead atoms. The molecule has 2 unspecified atom stereocenters. The van der Waals surface area contributed by atoms with Gasteiger partial charge in [-0.3, -0.25) is 0 Å². The van der Waals surface area contributed by atoms with Crippen LogP contribution in [-0.2, 0) is 6.42 Å². The summed E-state index contributed by atoms with van der Waals surface area (Å²) in [5.41, 5.74) is 3.26. The summed E-state index contributed by atoms with van der Waals surface area (Å²) in [5.74, 6) is 2.14. The lowest BCUT2D eigenvalue weighted by molar-refractivity contribution is 0.169. The molecule has 0 aliphatic heterocycles. The second-order valence-electron chi connectivity index (χ2n) is 5.43. The number of aliphatic hydroxyl groups excluding tert-OH is 1. The zero-order chi connectivity index (χ0) is 15.7. The quantitative estimate of drug-likeness (QED) is 0.943. The van der Waals surface area contributed by atoms with E-state index in [0.29, 0.717) is 17.9 Å². The fourth-order valence-corrected chi connectivity index (χ4v) is 3.17. The molecule has 0 heterocycles. The third-order valence-electron chi connectivity index (χ3n) is 4.27. The Kier molecular flexibility index (Phi) is 3.94. The van der Waals surface area contributed by atoms with Crippen molar-refractivity contribution in [2.45, 2.75) is 18.4 Å². The first-order chi connectivity index (χ1) is 10.7. The summed E-state index contributed by atoms with van der Waals surface area (Å²) in [4.78, 5) is 0. The van der Waals surface area contributed by atoms with E-state index in [0.717, 1.165) is 22.4 Å². The summed E-state index contributed by atoms with van der Waals surface area (Å²) in [6.45, 7) is 0. The summed E-state index contributed by atoms with van der Waals surface area (Å²) in [7, 11) is 4.89. The first-order valence-corrected chi connectivity index (χ1v) is 7.24. The highest BCUT2D eigenvalue weighted by Crippen LogP contribution is 2.43. The van der Waals surface area contributed by atoms with Crippen molar-refractivity contribution < 1.29 is 19.3 Å². The number of benzene rings is 2. The number of fused-ring (bicyclic) bond motifs is 1. The fraction of sp³-hybridized carbons (Fsp3) is 0.333. The topological polar surface area (TPSA) is 47.9 Å². The molecule has 0 radical (unpaired) electrons. The molecule has 1 aliphatic carbocycles. The monoisotopic (exact) mass is 300 g/mol. The van der Waals surface area contributed by atoms with Crippen molar-refractivity contribution >= 4 is 0 Å². The molecule has 4 heteroatoms. The third-order valence-corrected chi connectivity index (χ3v) is 4.27. The first kappa shape index (κ1) is 14.7. The number of rotatable bonds is 4. The summed E-state index contributed by atoms with van der Waals surface area (Å²) in [6, 6.07) is 11.8. The maximum absolute atomic E-state index is 10.5. The van der Waals surface area contributed by atoms with Crippen LogP contribution in [0.2, 0.25) is 0 Å².